The van der Waals surface area contributed by atoms with Crippen LogP contribution in [0.4, 0.5) is 0 Å². The van der Waals surface area contributed by atoms with Gasteiger partial charge in [-0.05, 0) is 55.3 Å². The Morgan fingerprint density at radius 3 is 2.84 bits per heavy atom. The van der Waals surface area contributed by atoms with E-state index in [0.717, 1.165) is 19.5 Å². The van der Waals surface area contributed by atoms with Crippen LogP contribution in [0.5, 0.6) is 0 Å². The Balaban J connectivity index is 2.03. The summed E-state index contributed by atoms with van der Waals surface area (Å²) in [6.45, 7) is 10.7. The Kier molecular flexibility index (Phi) is 4.81. The summed E-state index contributed by atoms with van der Waals surface area (Å²) in [5, 5.41) is 3.53. The molecule has 0 aromatic heterocycles. The first-order valence-electron chi connectivity index (χ1n) is 7.62. The smallest absolute Gasteiger partial charge is 0.00430 e. The first kappa shape index (κ1) is 14.3. The van der Waals surface area contributed by atoms with Gasteiger partial charge in [-0.15, -0.1) is 6.58 Å². The molecule has 1 nitrogen and oxygen atoms in total. The Labute approximate surface area is 118 Å². The van der Waals surface area contributed by atoms with Gasteiger partial charge in [0.2, 0.25) is 0 Å². The molecule has 0 saturated heterocycles. The number of rotatable bonds is 7. The molecule has 1 aliphatic rings. The van der Waals surface area contributed by atoms with E-state index < -0.39 is 0 Å². The van der Waals surface area contributed by atoms with E-state index in [4.69, 9.17) is 0 Å². The molecule has 1 unspecified atom stereocenters. The molecule has 1 atom stereocenters. The van der Waals surface area contributed by atoms with E-state index >= 15 is 0 Å². The van der Waals surface area contributed by atoms with Crippen LogP contribution < -0.4 is 5.32 Å². The molecule has 1 heteroatoms. The summed E-state index contributed by atoms with van der Waals surface area (Å²) in [5.74, 6) is 0. The largest absolute Gasteiger partial charge is 0.316 e. The normalized spacial score (nSPS) is 16.9. The second kappa shape index (κ2) is 6.38. The van der Waals surface area contributed by atoms with Crippen LogP contribution in [0.15, 0.2) is 30.9 Å². The molecule has 0 saturated carbocycles. The van der Waals surface area contributed by atoms with Gasteiger partial charge in [0.1, 0.15) is 0 Å². The molecular weight excluding hydrogens is 230 g/mol. The fourth-order valence-electron chi connectivity index (χ4n) is 2.96. The fourth-order valence-corrected chi connectivity index (χ4v) is 2.96. The molecule has 0 radical (unpaired) electrons. The van der Waals surface area contributed by atoms with E-state index in [-0.39, 0.29) is 5.41 Å². The summed E-state index contributed by atoms with van der Waals surface area (Å²) in [6.07, 6.45) is 8.25. The van der Waals surface area contributed by atoms with Crippen molar-refractivity contribution >= 4 is 0 Å². The molecule has 1 aromatic carbocycles. The lowest BCUT2D eigenvalue weighted by Gasteiger charge is -2.26. The van der Waals surface area contributed by atoms with Gasteiger partial charge in [0, 0.05) is 12.0 Å². The van der Waals surface area contributed by atoms with Gasteiger partial charge in [-0.2, -0.15) is 0 Å². The van der Waals surface area contributed by atoms with Gasteiger partial charge in [-0.25, -0.2) is 0 Å². The summed E-state index contributed by atoms with van der Waals surface area (Å²) in [5.41, 5.74) is 4.75. The number of fused-ring (bicyclic) bond motifs is 1. The van der Waals surface area contributed by atoms with Crippen LogP contribution in [0, 0.1) is 5.41 Å². The minimum Gasteiger partial charge on any atom is -0.316 e. The lowest BCUT2D eigenvalue weighted by atomic mass is 9.83. The topological polar surface area (TPSA) is 12.0 Å². The van der Waals surface area contributed by atoms with Crippen molar-refractivity contribution in [2.24, 2.45) is 5.41 Å². The SMILES string of the molecule is C=CC(C)(CNCCC)Cc1ccc2c(c1)CCC2. The van der Waals surface area contributed by atoms with E-state index in [1.54, 1.807) is 11.1 Å². The number of hydrogen-bond acceptors (Lipinski definition) is 1. The van der Waals surface area contributed by atoms with E-state index in [1.165, 1.54) is 31.2 Å². The van der Waals surface area contributed by atoms with Crippen molar-refractivity contribution in [1.29, 1.82) is 0 Å². The molecule has 0 aliphatic heterocycles. The molecule has 0 bridgehead atoms. The van der Waals surface area contributed by atoms with Crippen LogP contribution >= 0.6 is 0 Å². The summed E-state index contributed by atoms with van der Waals surface area (Å²) < 4.78 is 0. The zero-order chi connectivity index (χ0) is 13.7. The third kappa shape index (κ3) is 3.70. The maximum Gasteiger partial charge on any atom is 0.00430 e. The second-order valence-corrected chi connectivity index (χ2v) is 6.17. The average Bonchev–Trinajstić information content (AvgIpc) is 2.86. The molecule has 0 heterocycles. The highest BCUT2D eigenvalue weighted by atomic mass is 14.9. The summed E-state index contributed by atoms with van der Waals surface area (Å²) in [4.78, 5) is 0. The van der Waals surface area contributed by atoms with Crippen LogP contribution in [0.3, 0.4) is 0 Å². The number of benzene rings is 1. The van der Waals surface area contributed by atoms with E-state index in [1.807, 2.05) is 0 Å². The third-order valence-corrected chi connectivity index (χ3v) is 4.22. The molecule has 2 rings (SSSR count). The van der Waals surface area contributed by atoms with Crippen molar-refractivity contribution in [3.05, 3.63) is 47.5 Å². The Bertz CT molecular complexity index is 435. The summed E-state index contributed by atoms with van der Waals surface area (Å²) in [6, 6.07) is 7.07. The number of aryl methyl sites for hydroxylation is 2. The van der Waals surface area contributed by atoms with Crippen molar-refractivity contribution in [3.63, 3.8) is 0 Å². The number of nitrogens with one attached hydrogen (secondary N) is 1. The second-order valence-electron chi connectivity index (χ2n) is 6.17. The minimum absolute atomic E-state index is 0.155. The fraction of sp³-hybridized carbons (Fsp3) is 0.556. The lowest BCUT2D eigenvalue weighted by Crippen LogP contribution is -2.32. The highest BCUT2D eigenvalue weighted by Gasteiger charge is 2.21. The van der Waals surface area contributed by atoms with Crippen LogP contribution in [0.1, 0.15) is 43.4 Å². The molecular formula is C18H27N. The lowest BCUT2D eigenvalue weighted by molar-refractivity contribution is 0.391. The molecule has 0 fully saturated rings. The molecule has 19 heavy (non-hydrogen) atoms. The maximum absolute atomic E-state index is 4.04. The van der Waals surface area contributed by atoms with Gasteiger partial charge in [0.05, 0.1) is 0 Å². The van der Waals surface area contributed by atoms with Crippen molar-refractivity contribution in [2.45, 2.75) is 46.0 Å². The molecule has 0 amide bonds. The zero-order valence-corrected chi connectivity index (χ0v) is 12.5. The van der Waals surface area contributed by atoms with Gasteiger partial charge < -0.3 is 5.32 Å². The van der Waals surface area contributed by atoms with Crippen molar-refractivity contribution in [1.82, 2.24) is 5.32 Å². The van der Waals surface area contributed by atoms with Crippen LogP contribution in [-0.2, 0) is 19.3 Å². The van der Waals surface area contributed by atoms with Crippen molar-refractivity contribution < 1.29 is 0 Å². The first-order valence-corrected chi connectivity index (χ1v) is 7.62. The van der Waals surface area contributed by atoms with Gasteiger partial charge in [-0.3, -0.25) is 0 Å². The first-order chi connectivity index (χ1) is 9.17. The Morgan fingerprint density at radius 1 is 1.32 bits per heavy atom. The Hall–Kier alpha value is -1.08. The quantitative estimate of drug-likeness (QED) is 0.577. The van der Waals surface area contributed by atoms with Gasteiger partial charge in [0.15, 0.2) is 0 Å². The molecule has 1 N–H and O–H groups in total. The van der Waals surface area contributed by atoms with Crippen LogP contribution in [0.2, 0.25) is 0 Å². The zero-order valence-electron chi connectivity index (χ0n) is 12.5. The van der Waals surface area contributed by atoms with Crippen LogP contribution in [0.25, 0.3) is 0 Å². The maximum atomic E-state index is 4.04. The molecule has 1 aromatic rings. The number of hydrogen-bond donors (Lipinski definition) is 1. The monoisotopic (exact) mass is 257 g/mol. The van der Waals surface area contributed by atoms with Crippen molar-refractivity contribution in [3.8, 4) is 0 Å². The van der Waals surface area contributed by atoms with Crippen molar-refractivity contribution in [2.75, 3.05) is 13.1 Å². The standard InChI is InChI=1S/C18H27N/c1-4-11-19-14-18(3,5-2)13-15-9-10-16-7-6-8-17(16)12-15/h5,9-10,12,19H,2,4,6-8,11,13-14H2,1,3H3. The van der Waals surface area contributed by atoms with E-state index in [2.05, 4.69) is 50.0 Å². The molecule has 1 aliphatic carbocycles. The van der Waals surface area contributed by atoms with E-state index in [9.17, 15) is 0 Å². The average molecular weight is 257 g/mol. The Morgan fingerprint density at radius 2 is 2.11 bits per heavy atom. The van der Waals surface area contributed by atoms with Gasteiger partial charge in [0.25, 0.3) is 0 Å². The molecule has 0 spiro atoms. The third-order valence-electron chi connectivity index (χ3n) is 4.22. The molecule has 104 valence electrons. The highest BCUT2D eigenvalue weighted by Crippen LogP contribution is 2.27. The van der Waals surface area contributed by atoms with Crippen LogP contribution in [-0.4, -0.2) is 13.1 Å². The van der Waals surface area contributed by atoms with E-state index in [0.29, 0.717) is 0 Å². The predicted octanol–water partition coefficient (Wildman–Crippen LogP) is 3.91. The minimum atomic E-state index is 0.155. The summed E-state index contributed by atoms with van der Waals surface area (Å²) in [7, 11) is 0. The highest BCUT2D eigenvalue weighted by molar-refractivity contribution is 5.36. The van der Waals surface area contributed by atoms with Gasteiger partial charge in [-0.1, -0.05) is 38.1 Å². The van der Waals surface area contributed by atoms with Gasteiger partial charge >= 0.3 is 0 Å². The predicted molar refractivity (Wildman–Crippen MR) is 83.6 cm³/mol. The summed E-state index contributed by atoms with van der Waals surface area (Å²) >= 11 is 0.